The predicted octanol–water partition coefficient (Wildman–Crippen LogP) is 4.19. The highest BCUT2D eigenvalue weighted by molar-refractivity contribution is 9.10. The maximum Gasteiger partial charge on any atom is 0.257 e. The summed E-state index contributed by atoms with van der Waals surface area (Å²) in [6, 6.07) is 6.76. The number of halogens is 1. The Bertz CT molecular complexity index is 1240. The second-order valence-electron chi connectivity index (χ2n) is 9.10. The first kappa shape index (κ1) is 24.4. The number of benzene rings is 1. The van der Waals surface area contributed by atoms with E-state index in [-0.39, 0.29) is 23.6 Å². The third-order valence-electron chi connectivity index (χ3n) is 6.18. The smallest absolute Gasteiger partial charge is 0.257 e. The second-order valence-corrected chi connectivity index (χ2v) is 10.0. The number of nitrogens with zero attached hydrogens (tertiary/aromatic N) is 5. The molecule has 1 N–H and O–H groups in total. The van der Waals surface area contributed by atoms with Gasteiger partial charge in [0.05, 0.1) is 12.4 Å². The van der Waals surface area contributed by atoms with Crippen LogP contribution in [0, 0.1) is 11.8 Å². The zero-order chi connectivity index (χ0) is 25.1. The van der Waals surface area contributed by atoms with Crippen LogP contribution in [0.4, 0.5) is 11.6 Å². The van der Waals surface area contributed by atoms with Crippen LogP contribution < -0.4 is 15.0 Å². The van der Waals surface area contributed by atoms with Crippen LogP contribution in [0.25, 0.3) is 0 Å². The molecule has 0 bridgehead atoms. The first-order valence-electron chi connectivity index (χ1n) is 12.0. The molecule has 2 aliphatic rings. The van der Waals surface area contributed by atoms with Crippen molar-refractivity contribution in [1.29, 1.82) is 0 Å². The molecule has 3 heterocycles. The number of carbonyl (C=O) groups excluding carboxylic acids is 2. The van der Waals surface area contributed by atoms with Crippen molar-refractivity contribution in [3.8, 4) is 11.6 Å². The SMILES string of the molecule is Cn1ccc(NC(=O)c2cc(Br)cc(Oc3cnc(N(CC4CC4)C(=O)C4CCOCC4)cn3)c2)n1. The largest absolute Gasteiger partial charge is 0.437 e. The molecule has 1 aliphatic carbocycles. The average molecular weight is 555 g/mol. The van der Waals surface area contributed by atoms with E-state index in [9.17, 15) is 9.59 Å². The molecule has 36 heavy (non-hydrogen) atoms. The van der Waals surface area contributed by atoms with Crippen LogP contribution in [0.1, 0.15) is 36.0 Å². The van der Waals surface area contributed by atoms with Gasteiger partial charge in [0.2, 0.25) is 11.8 Å². The van der Waals surface area contributed by atoms with Gasteiger partial charge in [-0.05, 0) is 49.8 Å². The molecule has 1 saturated carbocycles. The maximum atomic E-state index is 13.2. The Morgan fingerprint density at radius 1 is 1.17 bits per heavy atom. The van der Waals surface area contributed by atoms with Crippen molar-refractivity contribution in [3.63, 3.8) is 0 Å². The van der Waals surface area contributed by atoms with Gasteiger partial charge in [-0.3, -0.25) is 19.2 Å². The topological polar surface area (TPSA) is 111 Å². The zero-order valence-electron chi connectivity index (χ0n) is 19.9. The molecule has 2 fully saturated rings. The highest BCUT2D eigenvalue weighted by Gasteiger charge is 2.33. The normalized spacial score (nSPS) is 15.9. The zero-order valence-corrected chi connectivity index (χ0v) is 21.5. The number of amides is 2. The van der Waals surface area contributed by atoms with Gasteiger partial charge >= 0.3 is 0 Å². The number of aromatic nitrogens is 4. The molecule has 2 aromatic heterocycles. The lowest BCUT2D eigenvalue weighted by atomic mass is 9.98. The van der Waals surface area contributed by atoms with Gasteiger partial charge < -0.3 is 14.8 Å². The molecule has 188 valence electrons. The lowest BCUT2D eigenvalue weighted by molar-refractivity contribution is -0.125. The molecular weight excluding hydrogens is 528 g/mol. The minimum atomic E-state index is -0.316. The molecule has 0 unspecified atom stereocenters. The van der Waals surface area contributed by atoms with Gasteiger partial charge in [0.15, 0.2) is 11.6 Å². The number of hydrogen-bond acceptors (Lipinski definition) is 7. The molecule has 10 nitrogen and oxygen atoms in total. The summed E-state index contributed by atoms with van der Waals surface area (Å²) in [7, 11) is 1.78. The van der Waals surface area contributed by atoms with Crippen molar-refractivity contribution in [2.24, 2.45) is 18.9 Å². The lowest BCUT2D eigenvalue weighted by Crippen LogP contribution is -2.40. The summed E-state index contributed by atoms with van der Waals surface area (Å²) >= 11 is 3.43. The summed E-state index contributed by atoms with van der Waals surface area (Å²) in [4.78, 5) is 36.6. The Balaban J connectivity index is 1.29. The maximum absolute atomic E-state index is 13.2. The first-order valence-corrected chi connectivity index (χ1v) is 12.7. The minimum Gasteiger partial charge on any atom is -0.437 e. The van der Waals surface area contributed by atoms with Crippen LogP contribution in [-0.4, -0.2) is 51.3 Å². The van der Waals surface area contributed by atoms with Crippen molar-refractivity contribution in [2.75, 3.05) is 30.0 Å². The number of anilines is 2. The summed E-state index contributed by atoms with van der Waals surface area (Å²) in [5, 5.41) is 6.92. The van der Waals surface area contributed by atoms with Gasteiger partial charge in [0.1, 0.15) is 5.75 Å². The molecule has 11 heteroatoms. The fraction of sp³-hybridized carbons (Fsp3) is 0.400. The number of carbonyl (C=O) groups is 2. The van der Waals surface area contributed by atoms with Crippen molar-refractivity contribution >= 4 is 39.4 Å². The van der Waals surface area contributed by atoms with Crippen molar-refractivity contribution in [3.05, 3.63) is 52.9 Å². The van der Waals surface area contributed by atoms with Gasteiger partial charge in [-0.2, -0.15) is 5.10 Å². The van der Waals surface area contributed by atoms with Crippen molar-refractivity contribution < 1.29 is 19.1 Å². The van der Waals surface area contributed by atoms with Crippen LogP contribution in [0.3, 0.4) is 0 Å². The standard InChI is InChI=1S/C25H27BrN6O4/c1-31-7-4-21(30-31)29-24(33)18-10-19(26)12-20(11-18)36-23-14-27-22(13-28-23)32(15-16-2-3-16)25(34)17-5-8-35-9-6-17/h4,7,10-14,16-17H,2-3,5-6,8-9,15H2,1H3,(H,29,30,33). The van der Waals surface area contributed by atoms with Gasteiger partial charge in [0.25, 0.3) is 5.91 Å². The minimum absolute atomic E-state index is 0.0486. The number of ether oxygens (including phenoxy) is 2. The van der Waals surface area contributed by atoms with E-state index >= 15 is 0 Å². The summed E-state index contributed by atoms with van der Waals surface area (Å²) in [5.74, 6) is 1.90. The molecule has 3 aromatic rings. The van der Waals surface area contributed by atoms with Crippen LogP contribution in [0.2, 0.25) is 0 Å². The molecule has 0 radical (unpaired) electrons. The van der Waals surface area contributed by atoms with E-state index in [1.54, 1.807) is 53.3 Å². The van der Waals surface area contributed by atoms with Crippen molar-refractivity contribution in [1.82, 2.24) is 19.7 Å². The fourth-order valence-electron chi connectivity index (χ4n) is 4.07. The molecule has 1 saturated heterocycles. The number of nitrogens with one attached hydrogen (secondary N) is 1. The third-order valence-corrected chi connectivity index (χ3v) is 6.63. The summed E-state index contributed by atoms with van der Waals surface area (Å²) in [6.45, 7) is 1.88. The molecule has 2 amide bonds. The molecular formula is C25H27BrN6O4. The van der Waals surface area contributed by atoms with Crippen LogP contribution >= 0.6 is 15.9 Å². The van der Waals surface area contributed by atoms with E-state index < -0.39 is 0 Å². The van der Waals surface area contributed by atoms with Crippen molar-refractivity contribution in [2.45, 2.75) is 25.7 Å². The molecule has 1 aromatic carbocycles. The van der Waals surface area contributed by atoms with Gasteiger partial charge in [-0.15, -0.1) is 0 Å². The quantitative estimate of drug-likeness (QED) is 0.444. The lowest BCUT2D eigenvalue weighted by Gasteiger charge is -2.28. The molecule has 1 aliphatic heterocycles. The van der Waals surface area contributed by atoms with E-state index in [4.69, 9.17) is 9.47 Å². The Morgan fingerprint density at radius 3 is 2.64 bits per heavy atom. The van der Waals surface area contributed by atoms with Gasteiger partial charge in [-0.25, -0.2) is 9.97 Å². The summed E-state index contributed by atoms with van der Waals surface area (Å²) < 4.78 is 13.6. The van der Waals surface area contributed by atoms with E-state index in [0.717, 1.165) is 25.7 Å². The Morgan fingerprint density at radius 2 is 1.97 bits per heavy atom. The molecule has 5 rings (SSSR count). The summed E-state index contributed by atoms with van der Waals surface area (Å²) in [5.41, 5.74) is 0.396. The Hall–Kier alpha value is -3.31. The highest BCUT2D eigenvalue weighted by Crippen LogP contribution is 2.33. The van der Waals surface area contributed by atoms with Crippen LogP contribution in [0.15, 0.2) is 47.3 Å². The van der Waals surface area contributed by atoms with Gasteiger partial charge in [0, 0.05) is 55.0 Å². The Labute approximate surface area is 217 Å². The first-order chi connectivity index (χ1) is 17.4. The van der Waals surface area contributed by atoms with E-state index in [1.807, 2.05) is 0 Å². The number of rotatable bonds is 8. The van der Waals surface area contributed by atoms with E-state index in [2.05, 4.69) is 36.3 Å². The predicted molar refractivity (Wildman–Crippen MR) is 136 cm³/mol. The number of aryl methyl sites for hydroxylation is 1. The van der Waals surface area contributed by atoms with Crippen LogP contribution in [-0.2, 0) is 16.6 Å². The van der Waals surface area contributed by atoms with E-state index in [1.165, 1.54) is 6.20 Å². The molecule has 0 atom stereocenters. The second kappa shape index (κ2) is 10.8. The van der Waals surface area contributed by atoms with Gasteiger partial charge in [-0.1, -0.05) is 15.9 Å². The average Bonchev–Trinajstić information content (AvgIpc) is 3.62. The van der Waals surface area contributed by atoms with E-state index in [0.29, 0.717) is 53.1 Å². The monoisotopic (exact) mass is 554 g/mol. The molecule has 0 spiro atoms. The summed E-state index contributed by atoms with van der Waals surface area (Å²) in [6.07, 6.45) is 8.54. The Kier molecular flexibility index (Phi) is 7.28. The third kappa shape index (κ3) is 6.08. The fourth-order valence-corrected chi connectivity index (χ4v) is 4.54. The van der Waals surface area contributed by atoms with Crippen LogP contribution in [0.5, 0.6) is 11.6 Å². The highest BCUT2D eigenvalue weighted by atomic mass is 79.9. The number of hydrogen-bond donors (Lipinski definition) is 1.